The van der Waals surface area contributed by atoms with Crippen LogP contribution in [0.1, 0.15) is 19.3 Å². The summed E-state index contributed by atoms with van der Waals surface area (Å²) in [6, 6.07) is 0. The summed E-state index contributed by atoms with van der Waals surface area (Å²) in [7, 11) is 0. The molecule has 6 heavy (non-hydrogen) atoms. The normalized spacial score (nSPS) is 9.00. The Hall–Kier alpha value is 0.290. The SMILES string of the molecule is [CH2]CCC[CH]Cl. The van der Waals surface area contributed by atoms with E-state index >= 15 is 0 Å². The van der Waals surface area contributed by atoms with Crippen LogP contribution in [0.2, 0.25) is 0 Å². The molecule has 0 aliphatic carbocycles. The van der Waals surface area contributed by atoms with Gasteiger partial charge in [0.1, 0.15) is 0 Å². The smallest absolute Gasteiger partial charge is 0.0499 e. The second-order valence-electron chi connectivity index (χ2n) is 1.15. The Morgan fingerprint density at radius 3 is 2.50 bits per heavy atom. The topological polar surface area (TPSA) is 0 Å². The van der Waals surface area contributed by atoms with Crippen molar-refractivity contribution in [1.82, 2.24) is 0 Å². The third kappa shape index (κ3) is 4.29. The predicted molar refractivity (Wildman–Crippen MR) is 29.4 cm³/mol. The molecule has 0 unspecified atom stereocenters. The first-order valence-electron chi connectivity index (χ1n) is 2.13. The van der Waals surface area contributed by atoms with Crippen molar-refractivity contribution in [2.24, 2.45) is 0 Å². The number of rotatable bonds is 3. The summed E-state index contributed by atoms with van der Waals surface area (Å²) in [4.78, 5) is 0. The number of unbranched alkanes of at least 4 members (excludes halogenated alkanes) is 2. The van der Waals surface area contributed by atoms with Gasteiger partial charge >= 0.3 is 0 Å². The summed E-state index contributed by atoms with van der Waals surface area (Å²) < 4.78 is 0. The molecule has 0 saturated heterocycles. The Morgan fingerprint density at radius 1 is 1.67 bits per heavy atom. The average molecular weight is 105 g/mol. The number of halogens is 1. The Kier molecular flexibility index (Phi) is 5.55. The second-order valence-corrected chi connectivity index (χ2v) is 1.46. The molecule has 0 aromatic rings. The highest BCUT2D eigenvalue weighted by atomic mass is 35.5. The minimum absolute atomic E-state index is 0.989. The molecule has 0 N–H and O–H groups in total. The van der Waals surface area contributed by atoms with Gasteiger partial charge < -0.3 is 0 Å². The Balaban J connectivity index is 2.34. The lowest BCUT2D eigenvalue weighted by molar-refractivity contribution is 0.854. The monoisotopic (exact) mass is 104 g/mol. The van der Waals surface area contributed by atoms with Crippen molar-refractivity contribution in [3.8, 4) is 0 Å². The van der Waals surface area contributed by atoms with Crippen LogP contribution in [0.25, 0.3) is 0 Å². The van der Waals surface area contributed by atoms with Gasteiger partial charge in [-0.3, -0.25) is 0 Å². The lowest BCUT2D eigenvalue weighted by atomic mass is 10.3. The molecule has 0 aliphatic heterocycles. The van der Waals surface area contributed by atoms with Gasteiger partial charge in [-0.1, -0.05) is 19.8 Å². The van der Waals surface area contributed by atoms with Gasteiger partial charge in [-0.25, -0.2) is 0 Å². The molecule has 0 fully saturated rings. The summed E-state index contributed by atoms with van der Waals surface area (Å²) in [6.45, 7) is 3.64. The van der Waals surface area contributed by atoms with Crippen molar-refractivity contribution >= 4 is 11.6 Å². The molecule has 2 radical (unpaired) electrons. The maximum Gasteiger partial charge on any atom is 0.0499 e. The third-order valence-corrected chi connectivity index (χ3v) is 0.781. The van der Waals surface area contributed by atoms with Gasteiger partial charge in [0.15, 0.2) is 0 Å². The second kappa shape index (κ2) is 5.29. The molecule has 0 saturated carbocycles. The minimum atomic E-state index is 0.989. The van der Waals surface area contributed by atoms with Crippen LogP contribution in [-0.4, -0.2) is 0 Å². The number of hydrogen-bond acceptors (Lipinski definition) is 0. The molecule has 1 heteroatoms. The summed E-state index contributed by atoms with van der Waals surface area (Å²) in [5.74, 6) is 1.64. The van der Waals surface area contributed by atoms with Crippen LogP contribution in [0.3, 0.4) is 0 Å². The highest BCUT2D eigenvalue weighted by Crippen LogP contribution is 1.98. The largest absolute Gasteiger partial charge is 0.121 e. The van der Waals surface area contributed by atoms with E-state index in [0.717, 1.165) is 19.3 Å². The van der Waals surface area contributed by atoms with Gasteiger partial charge in [0, 0.05) is 5.88 Å². The maximum absolute atomic E-state index is 5.23. The summed E-state index contributed by atoms with van der Waals surface area (Å²) >= 11 is 5.23. The molecular weight excluding hydrogens is 95.5 g/mol. The van der Waals surface area contributed by atoms with E-state index in [1.807, 2.05) is 0 Å². The van der Waals surface area contributed by atoms with Crippen molar-refractivity contribution < 1.29 is 0 Å². The summed E-state index contributed by atoms with van der Waals surface area (Å²) in [6.07, 6.45) is 3.10. The highest BCUT2D eigenvalue weighted by Gasteiger charge is 1.77. The predicted octanol–water partition coefficient (Wildman–Crippen LogP) is 2.39. The molecule has 0 amide bonds. The van der Waals surface area contributed by atoms with Crippen LogP contribution < -0.4 is 0 Å². The van der Waals surface area contributed by atoms with Gasteiger partial charge in [-0.05, 0) is 6.42 Å². The summed E-state index contributed by atoms with van der Waals surface area (Å²) in [5, 5.41) is 0. The van der Waals surface area contributed by atoms with Crippen molar-refractivity contribution in [1.29, 1.82) is 0 Å². The van der Waals surface area contributed by atoms with Crippen LogP contribution in [0, 0.1) is 12.8 Å². The summed E-state index contributed by atoms with van der Waals surface area (Å²) in [5.41, 5.74) is 0. The lowest BCUT2D eigenvalue weighted by Crippen LogP contribution is -1.65. The van der Waals surface area contributed by atoms with Crippen molar-refractivity contribution in [2.75, 3.05) is 0 Å². The van der Waals surface area contributed by atoms with Gasteiger partial charge in [0.25, 0.3) is 0 Å². The highest BCUT2D eigenvalue weighted by molar-refractivity contribution is 6.23. The quantitative estimate of drug-likeness (QED) is 0.483. The molecule has 36 valence electrons. The zero-order valence-corrected chi connectivity index (χ0v) is 4.54. The van der Waals surface area contributed by atoms with Gasteiger partial charge in [-0.2, -0.15) is 0 Å². The van der Waals surface area contributed by atoms with E-state index in [4.69, 9.17) is 11.6 Å². The lowest BCUT2D eigenvalue weighted by Gasteiger charge is -1.84. The van der Waals surface area contributed by atoms with Crippen molar-refractivity contribution in [3.63, 3.8) is 0 Å². The molecule has 0 spiro atoms. The van der Waals surface area contributed by atoms with E-state index in [1.54, 1.807) is 5.88 Å². The molecule has 0 atom stereocenters. The first-order valence-corrected chi connectivity index (χ1v) is 2.56. The van der Waals surface area contributed by atoms with Crippen LogP contribution in [0.5, 0.6) is 0 Å². The molecule has 0 heterocycles. The van der Waals surface area contributed by atoms with Gasteiger partial charge in [0.05, 0.1) is 0 Å². The minimum Gasteiger partial charge on any atom is -0.121 e. The number of hydrogen-bond donors (Lipinski definition) is 0. The maximum atomic E-state index is 5.23. The van der Waals surface area contributed by atoms with Crippen molar-refractivity contribution in [2.45, 2.75) is 19.3 Å². The fourth-order valence-corrected chi connectivity index (χ4v) is 0.376. The Bertz CT molecular complexity index is 15.9. The molecule has 0 bridgehead atoms. The van der Waals surface area contributed by atoms with E-state index < -0.39 is 0 Å². The molecule has 0 rings (SSSR count). The third-order valence-electron chi connectivity index (χ3n) is 0.563. The van der Waals surface area contributed by atoms with E-state index in [0.29, 0.717) is 0 Å². The first-order chi connectivity index (χ1) is 2.91. The van der Waals surface area contributed by atoms with Gasteiger partial charge in [0.2, 0.25) is 0 Å². The van der Waals surface area contributed by atoms with E-state index in [9.17, 15) is 0 Å². The average Bonchev–Trinajstić information content (AvgIpc) is 1.61. The zero-order chi connectivity index (χ0) is 4.83. The Labute approximate surface area is 44.5 Å². The molecule has 0 aromatic carbocycles. The zero-order valence-electron chi connectivity index (χ0n) is 3.78. The standard InChI is InChI=1S/C5H9Cl/c1-2-3-4-5-6/h5H,1-4H2. The fourth-order valence-electron chi connectivity index (χ4n) is 0.221. The molecule has 0 nitrogen and oxygen atoms in total. The van der Waals surface area contributed by atoms with Crippen LogP contribution in [0.4, 0.5) is 0 Å². The molecular formula is C5H9Cl. The Morgan fingerprint density at radius 2 is 2.33 bits per heavy atom. The molecule has 0 aliphatic rings. The van der Waals surface area contributed by atoms with E-state index in [1.165, 1.54) is 0 Å². The van der Waals surface area contributed by atoms with E-state index in [-0.39, 0.29) is 0 Å². The van der Waals surface area contributed by atoms with Crippen LogP contribution in [0.15, 0.2) is 0 Å². The van der Waals surface area contributed by atoms with Crippen LogP contribution >= 0.6 is 11.6 Å². The van der Waals surface area contributed by atoms with Crippen LogP contribution in [-0.2, 0) is 0 Å². The first kappa shape index (κ1) is 6.29. The molecule has 0 aromatic heterocycles. The fraction of sp³-hybridized carbons (Fsp3) is 0.600. The van der Waals surface area contributed by atoms with Crippen molar-refractivity contribution in [3.05, 3.63) is 12.8 Å². The van der Waals surface area contributed by atoms with Gasteiger partial charge in [-0.15, -0.1) is 11.6 Å². The van der Waals surface area contributed by atoms with E-state index in [2.05, 4.69) is 6.92 Å².